The minimum Gasteiger partial charge on any atom is -0.381 e. The lowest BCUT2D eigenvalue weighted by molar-refractivity contribution is -0.386. The molecule has 1 amide bonds. The molecular weight excluding hydrogens is 350 g/mol. The molecule has 2 heterocycles. The van der Waals surface area contributed by atoms with Gasteiger partial charge < -0.3 is 14.6 Å². The summed E-state index contributed by atoms with van der Waals surface area (Å²) in [4.78, 5) is 34.6. The highest BCUT2D eigenvalue weighted by Gasteiger charge is 2.34. The molecule has 0 aliphatic carbocycles. The Balaban J connectivity index is 1.71. The quantitative estimate of drug-likeness (QED) is 0.614. The first kappa shape index (κ1) is 18.8. The maximum absolute atomic E-state index is 12.4. The normalized spacial score (nSPS) is 15.9. The van der Waals surface area contributed by atoms with Crippen molar-refractivity contribution in [1.29, 1.82) is 0 Å². The van der Waals surface area contributed by atoms with E-state index in [9.17, 15) is 19.7 Å². The van der Waals surface area contributed by atoms with Crippen LogP contribution < -0.4 is 10.9 Å². The van der Waals surface area contributed by atoms with Crippen molar-refractivity contribution >= 4 is 11.6 Å². The van der Waals surface area contributed by atoms with Crippen molar-refractivity contribution in [3.8, 4) is 0 Å². The fraction of sp³-hybridized carbons (Fsp3) is 0.368. The highest BCUT2D eigenvalue weighted by Crippen LogP contribution is 2.34. The van der Waals surface area contributed by atoms with E-state index in [0.29, 0.717) is 19.8 Å². The van der Waals surface area contributed by atoms with E-state index >= 15 is 0 Å². The van der Waals surface area contributed by atoms with Gasteiger partial charge in [-0.1, -0.05) is 30.3 Å². The molecule has 0 saturated carbocycles. The molecule has 1 aromatic carbocycles. The summed E-state index contributed by atoms with van der Waals surface area (Å²) in [7, 11) is 0. The second kappa shape index (κ2) is 8.13. The first-order valence-corrected chi connectivity index (χ1v) is 8.76. The number of amides is 1. The van der Waals surface area contributed by atoms with Gasteiger partial charge in [-0.15, -0.1) is 0 Å². The van der Waals surface area contributed by atoms with Crippen LogP contribution >= 0.6 is 0 Å². The molecule has 0 bridgehead atoms. The Morgan fingerprint density at radius 2 is 1.89 bits per heavy atom. The second-order valence-corrected chi connectivity index (χ2v) is 6.62. The Hall–Kier alpha value is -3.00. The average molecular weight is 371 g/mol. The van der Waals surface area contributed by atoms with Crippen LogP contribution in [0.25, 0.3) is 0 Å². The number of hydrogen-bond acceptors (Lipinski definition) is 5. The summed E-state index contributed by atoms with van der Waals surface area (Å²) < 4.78 is 6.53. The monoisotopic (exact) mass is 371 g/mol. The smallest absolute Gasteiger partial charge is 0.334 e. The first-order chi connectivity index (χ1) is 13.0. The van der Waals surface area contributed by atoms with Gasteiger partial charge in [0.2, 0.25) is 5.91 Å². The van der Waals surface area contributed by atoms with Crippen LogP contribution in [0.3, 0.4) is 0 Å². The molecule has 0 spiro atoms. The predicted octanol–water partition coefficient (Wildman–Crippen LogP) is 1.62. The fourth-order valence-corrected chi connectivity index (χ4v) is 3.39. The van der Waals surface area contributed by atoms with Gasteiger partial charge in [-0.05, 0) is 24.5 Å². The molecule has 0 radical (unpaired) electrons. The zero-order valence-corrected chi connectivity index (χ0v) is 14.8. The molecule has 8 nitrogen and oxygen atoms in total. The lowest BCUT2D eigenvalue weighted by atomic mass is 9.74. The molecule has 1 aliphatic heterocycles. The summed E-state index contributed by atoms with van der Waals surface area (Å²) in [6.45, 7) is 1.40. The molecule has 142 valence electrons. The minimum absolute atomic E-state index is 0.219. The number of nitro groups is 1. The maximum atomic E-state index is 12.4. The fourth-order valence-electron chi connectivity index (χ4n) is 3.39. The van der Waals surface area contributed by atoms with E-state index in [0.717, 1.165) is 29.0 Å². The van der Waals surface area contributed by atoms with E-state index < -0.39 is 16.2 Å². The number of carbonyl (C=O) groups excluding carboxylic acids is 1. The van der Waals surface area contributed by atoms with Gasteiger partial charge in [-0.3, -0.25) is 19.7 Å². The molecule has 0 atom stereocenters. The van der Waals surface area contributed by atoms with Crippen LogP contribution in [0.15, 0.2) is 53.5 Å². The van der Waals surface area contributed by atoms with E-state index in [1.165, 1.54) is 12.3 Å². The number of rotatable bonds is 6. The molecule has 1 aromatic heterocycles. The van der Waals surface area contributed by atoms with Crippen molar-refractivity contribution in [2.75, 3.05) is 19.8 Å². The van der Waals surface area contributed by atoms with Crippen molar-refractivity contribution in [3.63, 3.8) is 0 Å². The van der Waals surface area contributed by atoms with Gasteiger partial charge in [0.15, 0.2) is 0 Å². The molecule has 8 heteroatoms. The maximum Gasteiger partial charge on any atom is 0.334 e. The van der Waals surface area contributed by atoms with E-state index in [4.69, 9.17) is 4.74 Å². The summed E-state index contributed by atoms with van der Waals surface area (Å²) in [6, 6.07) is 12.5. The number of carbonyl (C=O) groups is 1. The third-order valence-electron chi connectivity index (χ3n) is 4.97. The standard InChI is InChI=1S/C19H21N3O5/c23-17(13-21-10-4-7-16(18(21)24)22(25)26)20-14-19(8-11-27-12-9-19)15-5-2-1-3-6-15/h1-7,10H,8-9,11-14H2,(H,20,23). The Kier molecular flexibility index (Phi) is 5.66. The number of nitrogens with zero attached hydrogens (tertiary/aromatic N) is 2. The summed E-state index contributed by atoms with van der Waals surface area (Å²) in [5.41, 5.74) is -0.416. The van der Waals surface area contributed by atoms with Gasteiger partial charge in [-0.25, -0.2) is 0 Å². The van der Waals surface area contributed by atoms with Crippen molar-refractivity contribution < 1.29 is 14.5 Å². The minimum atomic E-state index is -0.790. The van der Waals surface area contributed by atoms with Crippen LogP contribution in [0.4, 0.5) is 5.69 Å². The lowest BCUT2D eigenvalue weighted by Gasteiger charge is -2.38. The zero-order valence-electron chi connectivity index (χ0n) is 14.8. The average Bonchev–Trinajstić information content (AvgIpc) is 2.69. The molecule has 2 aromatic rings. The van der Waals surface area contributed by atoms with Gasteiger partial charge in [0.05, 0.1) is 4.92 Å². The number of benzene rings is 1. The molecular formula is C19H21N3O5. The molecule has 27 heavy (non-hydrogen) atoms. The van der Waals surface area contributed by atoms with Crippen LogP contribution in [-0.4, -0.2) is 35.2 Å². The number of aromatic nitrogens is 1. The molecule has 0 unspecified atom stereocenters. The van der Waals surface area contributed by atoms with E-state index in [-0.39, 0.29) is 17.9 Å². The van der Waals surface area contributed by atoms with Crippen molar-refractivity contribution in [2.24, 2.45) is 0 Å². The summed E-state index contributed by atoms with van der Waals surface area (Å²) in [5.74, 6) is -0.362. The Morgan fingerprint density at radius 3 is 2.56 bits per heavy atom. The Bertz CT molecular complexity index is 872. The zero-order chi connectivity index (χ0) is 19.3. The van der Waals surface area contributed by atoms with Crippen LogP contribution in [-0.2, 0) is 21.5 Å². The largest absolute Gasteiger partial charge is 0.381 e. The number of ether oxygens (including phenoxy) is 1. The van der Waals surface area contributed by atoms with Crippen molar-refractivity contribution in [3.05, 3.63) is 74.7 Å². The van der Waals surface area contributed by atoms with Crippen LogP contribution in [0.1, 0.15) is 18.4 Å². The highest BCUT2D eigenvalue weighted by atomic mass is 16.6. The van der Waals surface area contributed by atoms with Crippen LogP contribution in [0, 0.1) is 10.1 Å². The van der Waals surface area contributed by atoms with Crippen LogP contribution in [0.2, 0.25) is 0 Å². The lowest BCUT2D eigenvalue weighted by Crippen LogP contribution is -2.45. The SMILES string of the molecule is O=C(Cn1cccc([N+](=O)[O-])c1=O)NCC1(c2ccccc2)CCOCC1. The molecule has 1 saturated heterocycles. The number of nitrogens with one attached hydrogen (secondary N) is 1. The first-order valence-electron chi connectivity index (χ1n) is 8.76. The van der Waals surface area contributed by atoms with Crippen molar-refractivity contribution in [1.82, 2.24) is 9.88 Å². The third kappa shape index (κ3) is 4.22. The van der Waals surface area contributed by atoms with Gasteiger partial charge in [0, 0.05) is 37.4 Å². The summed E-state index contributed by atoms with van der Waals surface area (Å²) in [5, 5.41) is 13.8. The van der Waals surface area contributed by atoms with Gasteiger partial charge >= 0.3 is 11.2 Å². The highest BCUT2D eigenvalue weighted by molar-refractivity contribution is 5.76. The van der Waals surface area contributed by atoms with Gasteiger partial charge in [0.25, 0.3) is 0 Å². The Morgan fingerprint density at radius 1 is 1.19 bits per heavy atom. The molecule has 1 aliphatic rings. The molecule has 1 fully saturated rings. The molecule has 1 N–H and O–H groups in total. The van der Waals surface area contributed by atoms with Crippen molar-refractivity contribution in [2.45, 2.75) is 24.8 Å². The van der Waals surface area contributed by atoms with E-state index in [1.54, 1.807) is 0 Å². The van der Waals surface area contributed by atoms with E-state index in [2.05, 4.69) is 5.32 Å². The Labute approximate surface area is 155 Å². The van der Waals surface area contributed by atoms with E-state index in [1.807, 2.05) is 30.3 Å². The predicted molar refractivity (Wildman–Crippen MR) is 98.5 cm³/mol. The van der Waals surface area contributed by atoms with Crippen LogP contribution in [0.5, 0.6) is 0 Å². The summed E-state index contributed by atoms with van der Waals surface area (Å²) >= 11 is 0. The number of hydrogen-bond donors (Lipinski definition) is 1. The number of pyridine rings is 1. The second-order valence-electron chi connectivity index (χ2n) is 6.62. The topological polar surface area (TPSA) is 103 Å². The van der Waals surface area contributed by atoms with Gasteiger partial charge in [-0.2, -0.15) is 0 Å². The third-order valence-corrected chi connectivity index (χ3v) is 4.97. The van der Waals surface area contributed by atoms with Gasteiger partial charge in [0.1, 0.15) is 6.54 Å². The summed E-state index contributed by atoms with van der Waals surface area (Å²) in [6.07, 6.45) is 2.94. The molecule has 3 rings (SSSR count).